The first-order valence-electron chi connectivity index (χ1n) is 20.1. The first-order chi connectivity index (χ1) is 24.1. The summed E-state index contributed by atoms with van der Waals surface area (Å²) in [6.07, 6.45) is 29.2. The van der Waals surface area contributed by atoms with Gasteiger partial charge in [0.2, 0.25) is 0 Å². The van der Waals surface area contributed by atoms with Gasteiger partial charge in [-0.05, 0) is 109 Å². The highest BCUT2D eigenvalue weighted by atomic mass is 16.3. The summed E-state index contributed by atoms with van der Waals surface area (Å²) >= 11 is 0. The topological polar surface area (TPSA) is 91.2 Å². The van der Waals surface area contributed by atoms with E-state index in [2.05, 4.69) is 117 Å². The highest BCUT2D eigenvalue weighted by Crippen LogP contribution is 2.20. The predicted molar refractivity (Wildman–Crippen MR) is 216 cm³/mol. The summed E-state index contributed by atoms with van der Waals surface area (Å²) in [5.41, 5.74) is 2.08. The number of hydrogen-bond donors (Lipinski definition) is 5. The Bertz CT molecular complexity index is 867. The highest BCUT2D eigenvalue weighted by Gasteiger charge is 2.25. The number of nitrogens with one attached hydrogen (secondary N) is 2. The van der Waals surface area contributed by atoms with Crippen molar-refractivity contribution in [3.63, 3.8) is 0 Å². The number of aliphatic hydroxyl groups excluding tert-OH is 3. The standard InChI is InChI=1S/C43H78N4O3/c1-8-12-16-24-36(5)32-46(33-39(48)25-17-13-9-2)30-22-20-28-42-37(6)45-43(38(7)44-42)29-21-23-31-47(34-40(49)26-18-14-10-3)35-41(50)27-19-15-11-4/h12-19,36,39-45,48-50H,6-11,20-35H2,1-5H3/b16-12-,17-13-,18-14-,19-15-. The third kappa shape index (κ3) is 22.6. The van der Waals surface area contributed by atoms with Crippen molar-refractivity contribution < 1.29 is 15.3 Å². The van der Waals surface area contributed by atoms with E-state index in [1.165, 1.54) is 0 Å². The van der Waals surface area contributed by atoms with E-state index in [-0.39, 0.29) is 18.2 Å². The monoisotopic (exact) mass is 699 g/mol. The van der Waals surface area contributed by atoms with Crippen LogP contribution in [0.4, 0.5) is 0 Å². The lowest BCUT2D eigenvalue weighted by molar-refractivity contribution is 0.0704. The highest BCUT2D eigenvalue weighted by molar-refractivity contribution is 5.20. The van der Waals surface area contributed by atoms with Gasteiger partial charge in [-0.15, -0.1) is 0 Å². The Balaban J connectivity index is 2.56. The maximum Gasteiger partial charge on any atom is 0.0701 e. The van der Waals surface area contributed by atoms with E-state index in [1.807, 2.05) is 0 Å². The second-order valence-corrected chi connectivity index (χ2v) is 14.5. The third-order valence-corrected chi connectivity index (χ3v) is 9.34. The zero-order valence-electron chi connectivity index (χ0n) is 32.9. The second kappa shape index (κ2) is 29.4. The molecule has 288 valence electrons. The summed E-state index contributed by atoms with van der Waals surface area (Å²) in [6, 6.07) is 0.334. The first-order valence-corrected chi connectivity index (χ1v) is 20.1. The molecule has 1 aliphatic heterocycles. The van der Waals surface area contributed by atoms with Crippen LogP contribution in [0.25, 0.3) is 0 Å². The van der Waals surface area contributed by atoms with E-state index in [4.69, 9.17) is 0 Å². The van der Waals surface area contributed by atoms with Gasteiger partial charge in [-0.1, -0.05) is 96.4 Å². The zero-order chi connectivity index (χ0) is 37.0. The molecule has 0 aromatic carbocycles. The van der Waals surface area contributed by atoms with Crippen molar-refractivity contribution in [1.82, 2.24) is 20.4 Å². The van der Waals surface area contributed by atoms with Crippen molar-refractivity contribution in [2.24, 2.45) is 5.92 Å². The molecule has 5 N–H and O–H groups in total. The summed E-state index contributed by atoms with van der Waals surface area (Å²) in [5, 5.41) is 39.3. The Kier molecular flexibility index (Phi) is 27.0. The van der Waals surface area contributed by atoms with Crippen LogP contribution in [-0.2, 0) is 0 Å². The molecule has 0 radical (unpaired) electrons. The fourth-order valence-electron chi connectivity index (χ4n) is 6.59. The van der Waals surface area contributed by atoms with Gasteiger partial charge < -0.3 is 30.9 Å². The molecule has 1 saturated heterocycles. The lowest BCUT2D eigenvalue weighted by Crippen LogP contribution is -2.50. The number of hydrogen-bond acceptors (Lipinski definition) is 7. The van der Waals surface area contributed by atoms with Crippen LogP contribution in [0.2, 0.25) is 0 Å². The molecular formula is C43H78N4O3. The molecule has 0 amide bonds. The summed E-state index contributed by atoms with van der Waals surface area (Å²) in [7, 11) is 0. The third-order valence-electron chi connectivity index (χ3n) is 9.34. The average Bonchev–Trinajstić information content (AvgIpc) is 3.07. The van der Waals surface area contributed by atoms with Crippen LogP contribution >= 0.6 is 0 Å². The molecule has 1 rings (SSSR count). The van der Waals surface area contributed by atoms with Gasteiger partial charge in [0.25, 0.3) is 0 Å². The average molecular weight is 699 g/mol. The number of piperazine rings is 1. The largest absolute Gasteiger partial charge is 0.391 e. The molecule has 7 nitrogen and oxygen atoms in total. The van der Waals surface area contributed by atoms with E-state index in [9.17, 15) is 15.3 Å². The van der Waals surface area contributed by atoms with Gasteiger partial charge >= 0.3 is 0 Å². The SMILES string of the molecule is C=C1NC(CCCCN(CC(O)C/C=C\CC)CC(O)C/C=C\CC)C(=C)NC1CCCCN(CC(C)C/C=C\CC)CC(O)C/C=C\CC. The van der Waals surface area contributed by atoms with Crippen molar-refractivity contribution in [2.45, 2.75) is 155 Å². The van der Waals surface area contributed by atoms with Crippen LogP contribution in [-0.4, -0.2) is 94.8 Å². The van der Waals surface area contributed by atoms with E-state index in [0.717, 1.165) is 108 Å². The Morgan fingerprint density at radius 1 is 0.540 bits per heavy atom. The van der Waals surface area contributed by atoms with Crippen LogP contribution in [0, 0.1) is 5.92 Å². The maximum absolute atomic E-state index is 10.7. The summed E-state index contributed by atoms with van der Waals surface area (Å²) in [4.78, 5) is 4.68. The Hall–Kier alpha value is -2.16. The molecule has 0 aromatic heterocycles. The van der Waals surface area contributed by atoms with Crippen LogP contribution in [0.1, 0.15) is 125 Å². The van der Waals surface area contributed by atoms with Crippen LogP contribution < -0.4 is 10.6 Å². The van der Waals surface area contributed by atoms with Crippen molar-refractivity contribution in [3.8, 4) is 0 Å². The molecule has 0 bridgehead atoms. The minimum absolute atomic E-state index is 0.156. The molecule has 1 aliphatic rings. The molecule has 1 fully saturated rings. The molecule has 6 unspecified atom stereocenters. The summed E-state index contributed by atoms with van der Waals surface area (Å²) in [5.74, 6) is 0.558. The Morgan fingerprint density at radius 3 is 1.24 bits per heavy atom. The van der Waals surface area contributed by atoms with Crippen LogP contribution in [0.15, 0.2) is 73.2 Å². The van der Waals surface area contributed by atoms with Gasteiger partial charge in [-0.3, -0.25) is 4.90 Å². The Labute approximate surface area is 308 Å². The van der Waals surface area contributed by atoms with Crippen LogP contribution in [0.5, 0.6) is 0 Å². The fraction of sp³-hybridized carbons (Fsp3) is 0.721. The zero-order valence-corrected chi connectivity index (χ0v) is 32.9. The summed E-state index contributed by atoms with van der Waals surface area (Å²) < 4.78 is 0. The van der Waals surface area contributed by atoms with Gasteiger partial charge in [0.05, 0.1) is 30.4 Å². The van der Waals surface area contributed by atoms with Gasteiger partial charge in [-0.2, -0.15) is 0 Å². The minimum Gasteiger partial charge on any atom is -0.391 e. The van der Waals surface area contributed by atoms with E-state index >= 15 is 0 Å². The van der Waals surface area contributed by atoms with Crippen LogP contribution in [0.3, 0.4) is 0 Å². The van der Waals surface area contributed by atoms with Gasteiger partial charge in [0, 0.05) is 37.6 Å². The van der Waals surface area contributed by atoms with Gasteiger partial charge in [-0.25, -0.2) is 0 Å². The molecule has 50 heavy (non-hydrogen) atoms. The van der Waals surface area contributed by atoms with E-state index in [0.29, 0.717) is 38.3 Å². The quantitative estimate of drug-likeness (QED) is 0.0383. The minimum atomic E-state index is -0.431. The molecule has 7 heteroatoms. The molecule has 1 heterocycles. The van der Waals surface area contributed by atoms with E-state index < -0.39 is 12.2 Å². The van der Waals surface area contributed by atoms with Crippen molar-refractivity contribution in [2.75, 3.05) is 39.3 Å². The van der Waals surface area contributed by atoms with Crippen molar-refractivity contribution in [1.29, 1.82) is 0 Å². The Morgan fingerprint density at radius 2 is 0.880 bits per heavy atom. The first kappa shape index (κ1) is 45.9. The van der Waals surface area contributed by atoms with Gasteiger partial charge in [0.1, 0.15) is 0 Å². The fourth-order valence-corrected chi connectivity index (χ4v) is 6.59. The van der Waals surface area contributed by atoms with Crippen molar-refractivity contribution >= 4 is 0 Å². The van der Waals surface area contributed by atoms with Gasteiger partial charge in [0.15, 0.2) is 0 Å². The number of rotatable bonds is 30. The number of aliphatic hydroxyl groups is 3. The molecular weight excluding hydrogens is 620 g/mol. The smallest absolute Gasteiger partial charge is 0.0701 e. The molecule has 6 atom stereocenters. The lowest BCUT2D eigenvalue weighted by Gasteiger charge is -2.37. The normalized spacial score (nSPS) is 19.7. The number of nitrogens with zero attached hydrogens (tertiary/aromatic N) is 2. The predicted octanol–water partition coefficient (Wildman–Crippen LogP) is 8.03. The molecule has 0 spiro atoms. The van der Waals surface area contributed by atoms with E-state index in [1.54, 1.807) is 0 Å². The summed E-state index contributed by atoms with van der Waals surface area (Å²) in [6.45, 7) is 24.3. The number of allylic oxidation sites excluding steroid dienone is 5. The molecule has 0 aromatic rings. The number of unbranched alkanes of at least 4 members (excludes halogenated alkanes) is 2. The lowest BCUT2D eigenvalue weighted by atomic mass is 9.98. The van der Waals surface area contributed by atoms with Crippen molar-refractivity contribution in [3.05, 3.63) is 73.2 Å². The maximum atomic E-state index is 10.7. The molecule has 0 aliphatic carbocycles. The second-order valence-electron chi connectivity index (χ2n) is 14.5. The molecule has 0 saturated carbocycles.